The van der Waals surface area contributed by atoms with Gasteiger partial charge in [-0.15, -0.1) is 0 Å². The first-order valence-corrected chi connectivity index (χ1v) is 8.65. The van der Waals surface area contributed by atoms with E-state index >= 15 is 0 Å². The Morgan fingerprint density at radius 3 is 2.72 bits per heavy atom. The summed E-state index contributed by atoms with van der Waals surface area (Å²) >= 11 is 1.34. The minimum absolute atomic E-state index is 0.0496. The van der Waals surface area contributed by atoms with Crippen molar-refractivity contribution in [3.63, 3.8) is 0 Å². The number of rotatable bonds is 6. The maximum atomic E-state index is 12.1. The van der Waals surface area contributed by atoms with Crippen LogP contribution in [0.4, 0.5) is 10.1 Å². The Labute approximate surface area is 149 Å². The predicted octanol–water partition coefficient (Wildman–Crippen LogP) is 4.44. The molecule has 0 aliphatic rings. The normalized spacial score (nSPS) is 11.2. The Morgan fingerprint density at radius 1 is 1.24 bits per heavy atom. The summed E-state index contributed by atoms with van der Waals surface area (Å²) in [6.45, 7) is 3.71. The van der Waals surface area contributed by atoms with Crippen LogP contribution in [0.2, 0.25) is 0 Å². The highest BCUT2D eigenvalue weighted by molar-refractivity contribution is 7.20. The largest absolute Gasteiger partial charge is 0.463 e. The van der Waals surface area contributed by atoms with E-state index in [1.165, 1.54) is 11.3 Å². The van der Waals surface area contributed by atoms with E-state index < -0.39 is 0 Å². The summed E-state index contributed by atoms with van der Waals surface area (Å²) in [7, 11) is 0. The number of amides is 1. The molecular formula is C18H18N4O2S. The van der Waals surface area contributed by atoms with Crippen molar-refractivity contribution in [2.75, 3.05) is 10.7 Å². The number of furan rings is 1. The monoisotopic (exact) mass is 354 g/mol. The van der Waals surface area contributed by atoms with Crippen LogP contribution < -0.4 is 10.7 Å². The van der Waals surface area contributed by atoms with Crippen LogP contribution in [0.5, 0.6) is 0 Å². The number of carbonyl (C=O) groups excluding carboxylic acids is 1. The molecule has 2 N–H and O–H groups in total. The molecule has 6 nitrogen and oxygen atoms in total. The van der Waals surface area contributed by atoms with Gasteiger partial charge in [0.1, 0.15) is 16.5 Å². The van der Waals surface area contributed by atoms with Gasteiger partial charge in [0.05, 0.1) is 12.5 Å². The van der Waals surface area contributed by atoms with E-state index in [2.05, 4.69) is 20.8 Å². The Bertz CT molecular complexity index is 855. The molecule has 0 aliphatic carbocycles. The molecule has 0 unspecified atom stereocenters. The number of nitrogens with one attached hydrogen (secondary N) is 2. The van der Waals surface area contributed by atoms with Crippen LogP contribution >= 0.6 is 11.3 Å². The molecule has 0 radical (unpaired) electrons. The Morgan fingerprint density at radius 2 is 2.04 bits per heavy atom. The maximum absolute atomic E-state index is 12.1. The quantitative estimate of drug-likeness (QED) is 0.506. The second kappa shape index (κ2) is 7.76. The molecule has 7 heteroatoms. The van der Waals surface area contributed by atoms with Gasteiger partial charge in [0.2, 0.25) is 11.0 Å². The van der Waals surface area contributed by atoms with Crippen molar-refractivity contribution in [2.24, 2.45) is 11.0 Å². The number of hydrazone groups is 1. The number of hydrogen-bond donors (Lipinski definition) is 2. The maximum Gasteiger partial charge on any atom is 0.227 e. The van der Waals surface area contributed by atoms with Crippen molar-refractivity contribution in [1.29, 1.82) is 0 Å². The smallest absolute Gasteiger partial charge is 0.227 e. The van der Waals surface area contributed by atoms with Gasteiger partial charge in [-0.05, 0) is 12.1 Å². The molecule has 1 aromatic carbocycles. The summed E-state index contributed by atoms with van der Waals surface area (Å²) in [5.41, 5.74) is 4.53. The van der Waals surface area contributed by atoms with Crippen LogP contribution in [0, 0.1) is 5.92 Å². The molecule has 0 bridgehead atoms. The van der Waals surface area contributed by atoms with E-state index in [-0.39, 0.29) is 11.8 Å². The van der Waals surface area contributed by atoms with Crippen molar-refractivity contribution >= 4 is 33.6 Å². The van der Waals surface area contributed by atoms with Crippen molar-refractivity contribution in [1.82, 2.24) is 4.98 Å². The number of hydrogen-bond acceptors (Lipinski definition) is 6. The Hall–Kier alpha value is -2.93. The lowest BCUT2D eigenvalue weighted by Gasteiger charge is -2.07. The van der Waals surface area contributed by atoms with E-state index in [4.69, 9.17) is 4.42 Å². The highest BCUT2D eigenvalue weighted by Crippen LogP contribution is 2.36. The zero-order chi connectivity index (χ0) is 17.6. The van der Waals surface area contributed by atoms with Gasteiger partial charge >= 0.3 is 0 Å². The fourth-order valence-electron chi connectivity index (χ4n) is 2.02. The average molecular weight is 354 g/mol. The molecular weight excluding hydrogens is 336 g/mol. The standard InChI is InChI=1S/C18H18N4O2S/c1-12(2)16(23)21-17-15(13-7-4-3-5-8-13)20-18(25-17)22-19-11-14-9-6-10-24-14/h3-12H,1-2H3,(H,20,22)(H,21,23). The molecule has 0 saturated heterocycles. The molecule has 2 aromatic heterocycles. The van der Waals surface area contributed by atoms with Gasteiger partial charge < -0.3 is 9.73 Å². The molecule has 0 saturated carbocycles. The van der Waals surface area contributed by atoms with E-state index in [1.54, 1.807) is 24.6 Å². The highest BCUT2D eigenvalue weighted by atomic mass is 32.1. The van der Waals surface area contributed by atoms with Gasteiger partial charge in [-0.3, -0.25) is 10.2 Å². The molecule has 2 heterocycles. The molecule has 3 aromatic rings. The first-order chi connectivity index (χ1) is 12.1. The number of nitrogens with zero attached hydrogens (tertiary/aromatic N) is 2. The third kappa shape index (κ3) is 4.33. The Kier molecular flexibility index (Phi) is 5.25. The average Bonchev–Trinajstić information content (AvgIpc) is 3.26. The first kappa shape index (κ1) is 16.9. The summed E-state index contributed by atoms with van der Waals surface area (Å²) in [5.74, 6) is 0.478. The molecule has 0 spiro atoms. The van der Waals surface area contributed by atoms with Crippen molar-refractivity contribution < 1.29 is 9.21 Å². The van der Waals surface area contributed by atoms with Crippen LogP contribution in [-0.2, 0) is 4.79 Å². The second-order valence-electron chi connectivity index (χ2n) is 5.59. The van der Waals surface area contributed by atoms with Crippen LogP contribution in [0.15, 0.2) is 58.2 Å². The molecule has 25 heavy (non-hydrogen) atoms. The van der Waals surface area contributed by atoms with Gasteiger partial charge in [-0.25, -0.2) is 4.98 Å². The minimum atomic E-state index is -0.112. The van der Waals surface area contributed by atoms with E-state index in [1.807, 2.05) is 44.2 Å². The summed E-state index contributed by atoms with van der Waals surface area (Å²) in [6.07, 6.45) is 3.15. The van der Waals surface area contributed by atoms with E-state index in [9.17, 15) is 4.79 Å². The van der Waals surface area contributed by atoms with Gasteiger partial charge in [0.15, 0.2) is 0 Å². The molecule has 128 valence electrons. The number of aromatic nitrogens is 1. The zero-order valence-corrected chi connectivity index (χ0v) is 14.7. The van der Waals surface area contributed by atoms with E-state index in [0.29, 0.717) is 15.9 Å². The molecule has 1 amide bonds. The number of thiazole rings is 1. The SMILES string of the molecule is CC(C)C(=O)Nc1sc(NN=Cc2ccco2)nc1-c1ccccc1. The third-order valence-electron chi connectivity index (χ3n) is 3.33. The zero-order valence-electron chi connectivity index (χ0n) is 13.9. The van der Waals surface area contributed by atoms with Crippen LogP contribution in [-0.4, -0.2) is 17.1 Å². The first-order valence-electron chi connectivity index (χ1n) is 7.83. The van der Waals surface area contributed by atoms with Crippen LogP contribution in [0.1, 0.15) is 19.6 Å². The van der Waals surface area contributed by atoms with Crippen molar-refractivity contribution in [3.05, 3.63) is 54.5 Å². The summed E-state index contributed by atoms with van der Waals surface area (Å²) in [5, 5.41) is 8.33. The summed E-state index contributed by atoms with van der Waals surface area (Å²) < 4.78 is 5.19. The molecule has 0 fully saturated rings. The van der Waals surface area contributed by atoms with Crippen LogP contribution in [0.3, 0.4) is 0 Å². The lowest BCUT2D eigenvalue weighted by Crippen LogP contribution is -2.17. The minimum Gasteiger partial charge on any atom is -0.463 e. The van der Waals surface area contributed by atoms with Gasteiger partial charge in [0.25, 0.3) is 0 Å². The lowest BCUT2D eigenvalue weighted by molar-refractivity contribution is -0.118. The topological polar surface area (TPSA) is 79.5 Å². The van der Waals surface area contributed by atoms with E-state index in [0.717, 1.165) is 11.3 Å². The fourth-order valence-corrected chi connectivity index (χ4v) is 2.86. The number of carbonyl (C=O) groups is 1. The fraction of sp³-hybridized carbons (Fsp3) is 0.167. The molecule has 0 aliphatic heterocycles. The predicted molar refractivity (Wildman–Crippen MR) is 101 cm³/mol. The van der Waals surface area contributed by atoms with Crippen LogP contribution in [0.25, 0.3) is 11.3 Å². The molecule has 0 atom stereocenters. The Balaban J connectivity index is 1.84. The summed E-state index contributed by atoms with van der Waals surface area (Å²) in [4.78, 5) is 16.6. The number of anilines is 2. The summed E-state index contributed by atoms with van der Waals surface area (Å²) in [6, 6.07) is 13.3. The van der Waals surface area contributed by atoms with Crippen molar-refractivity contribution in [2.45, 2.75) is 13.8 Å². The number of benzene rings is 1. The lowest BCUT2D eigenvalue weighted by atomic mass is 10.1. The molecule has 3 rings (SSSR count). The van der Waals surface area contributed by atoms with Crippen molar-refractivity contribution in [3.8, 4) is 11.3 Å². The third-order valence-corrected chi connectivity index (χ3v) is 4.21. The van der Waals surface area contributed by atoms with Gasteiger partial charge in [0, 0.05) is 11.5 Å². The van der Waals surface area contributed by atoms with Gasteiger partial charge in [-0.1, -0.05) is 55.5 Å². The van der Waals surface area contributed by atoms with Gasteiger partial charge in [-0.2, -0.15) is 5.10 Å². The second-order valence-corrected chi connectivity index (χ2v) is 6.59. The highest BCUT2D eigenvalue weighted by Gasteiger charge is 2.16.